The third kappa shape index (κ3) is 3.48. The molecule has 1 rings (SSSR count). The molecule has 0 N–H and O–H groups in total. The van der Waals surface area contributed by atoms with Gasteiger partial charge in [-0.3, -0.25) is 4.48 Å². The summed E-state index contributed by atoms with van der Waals surface area (Å²) in [7, 11) is 3.93. The molecule has 2 heteroatoms. The zero-order valence-electron chi connectivity index (χ0n) is 9.86. The predicted molar refractivity (Wildman–Crippen MR) is 62.4 cm³/mol. The summed E-state index contributed by atoms with van der Waals surface area (Å²) in [5.74, 6) is 0.307. The van der Waals surface area contributed by atoms with Crippen LogP contribution in [0.1, 0.15) is 18.9 Å². The number of nitrogens with zero attached hydrogens (tertiary/aromatic N) is 1. The summed E-state index contributed by atoms with van der Waals surface area (Å²) in [5.41, 5.74) is 1.24. The van der Waals surface area contributed by atoms with Crippen molar-refractivity contribution in [2.45, 2.75) is 19.8 Å². The van der Waals surface area contributed by atoms with Crippen molar-refractivity contribution in [2.24, 2.45) is 0 Å². The largest absolute Gasteiger partial charge is 0.313 e. The van der Waals surface area contributed by atoms with Crippen LogP contribution in [0.5, 0.6) is 0 Å². The highest BCUT2D eigenvalue weighted by atomic mass is 16.2. The van der Waals surface area contributed by atoms with Crippen molar-refractivity contribution in [1.29, 1.82) is 0 Å². The number of carbonyl (C=O) groups is 1. The van der Waals surface area contributed by atoms with Gasteiger partial charge in [-0.15, -0.1) is 0 Å². The Morgan fingerprint density at radius 1 is 1.20 bits per heavy atom. The minimum absolute atomic E-state index is 0.307. The second-order valence-corrected chi connectivity index (χ2v) is 4.38. The molecule has 0 radical (unpaired) electrons. The monoisotopic (exact) mass is 206 g/mol. The van der Waals surface area contributed by atoms with E-state index in [1.165, 1.54) is 5.56 Å². The number of amides is 1. The molecule has 0 atom stereocenters. The fourth-order valence-electron chi connectivity index (χ4n) is 1.37. The van der Waals surface area contributed by atoms with Crippen molar-refractivity contribution < 1.29 is 9.28 Å². The molecule has 0 fully saturated rings. The van der Waals surface area contributed by atoms with Gasteiger partial charge in [-0.1, -0.05) is 30.3 Å². The molecule has 1 aromatic carbocycles. The van der Waals surface area contributed by atoms with Crippen molar-refractivity contribution in [3.63, 3.8) is 0 Å². The summed E-state index contributed by atoms with van der Waals surface area (Å²) in [4.78, 5) is 11.8. The molecular formula is C13H20NO+. The highest BCUT2D eigenvalue weighted by molar-refractivity contribution is 5.69. The fraction of sp³-hybridized carbons (Fsp3) is 0.462. The third-order valence-electron chi connectivity index (χ3n) is 2.94. The first-order valence-corrected chi connectivity index (χ1v) is 5.46. The minimum atomic E-state index is 0.307. The van der Waals surface area contributed by atoms with E-state index in [4.69, 9.17) is 0 Å². The van der Waals surface area contributed by atoms with Gasteiger partial charge in [-0.05, 0) is 18.9 Å². The molecule has 1 aromatic rings. The number of quaternary nitrogens is 1. The van der Waals surface area contributed by atoms with Crippen LogP contribution in [0.3, 0.4) is 0 Å². The molecule has 0 aliphatic heterocycles. The van der Waals surface area contributed by atoms with E-state index in [1.807, 2.05) is 39.2 Å². The summed E-state index contributed by atoms with van der Waals surface area (Å²) in [5, 5.41) is 0. The molecule has 0 spiro atoms. The van der Waals surface area contributed by atoms with Gasteiger partial charge < -0.3 is 0 Å². The summed E-state index contributed by atoms with van der Waals surface area (Å²) in [6.45, 7) is 2.90. The Balaban J connectivity index is 2.48. The summed E-state index contributed by atoms with van der Waals surface area (Å²) < 4.78 is 0.479. The first-order chi connectivity index (χ1) is 7.06. The van der Waals surface area contributed by atoms with Crippen molar-refractivity contribution in [1.82, 2.24) is 0 Å². The van der Waals surface area contributed by atoms with Crippen molar-refractivity contribution in [3.8, 4) is 0 Å². The Bertz CT molecular complexity index is 317. The zero-order valence-corrected chi connectivity index (χ0v) is 9.86. The molecule has 0 saturated heterocycles. The van der Waals surface area contributed by atoms with Crippen LogP contribution in [0.15, 0.2) is 30.3 Å². The van der Waals surface area contributed by atoms with Crippen LogP contribution in [-0.4, -0.2) is 31.0 Å². The summed E-state index contributed by atoms with van der Waals surface area (Å²) in [6, 6.07) is 10.2. The van der Waals surface area contributed by atoms with Gasteiger partial charge in [0.15, 0.2) is 0 Å². The van der Waals surface area contributed by atoms with Crippen molar-refractivity contribution >= 4 is 5.91 Å². The van der Waals surface area contributed by atoms with Gasteiger partial charge >= 0.3 is 5.91 Å². The second kappa shape index (κ2) is 5.08. The average molecular weight is 206 g/mol. The summed E-state index contributed by atoms with van der Waals surface area (Å²) in [6.07, 6.45) is 1.48. The molecule has 0 saturated carbocycles. The molecule has 0 bridgehead atoms. The van der Waals surface area contributed by atoms with Gasteiger partial charge in [-0.25, -0.2) is 4.79 Å². The van der Waals surface area contributed by atoms with E-state index in [-0.39, 0.29) is 0 Å². The molecule has 2 nitrogen and oxygen atoms in total. The fourth-order valence-corrected chi connectivity index (χ4v) is 1.37. The van der Waals surface area contributed by atoms with Crippen LogP contribution >= 0.6 is 0 Å². The van der Waals surface area contributed by atoms with E-state index in [0.29, 0.717) is 16.8 Å². The molecule has 0 aromatic heterocycles. The normalized spacial score (nSPS) is 11.4. The maximum absolute atomic E-state index is 11.8. The van der Waals surface area contributed by atoms with Gasteiger partial charge in [0.05, 0.1) is 27.1 Å². The number of hydrogen-bond donors (Lipinski definition) is 0. The molecule has 0 unspecified atom stereocenters. The Kier molecular flexibility index (Phi) is 4.04. The smallest absolute Gasteiger partial charge is 0.266 e. The number of rotatable bonds is 4. The average Bonchev–Trinajstić information content (AvgIpc) is 2.27. The standard InChI is InChI=1S/C13H20NO/c1-4-14(2,3)13(15)11-10-12-8-6-5-7-9-12/h5-9H,4,10-11H2,1-3H3/q+1. The third-order valence-corrected chi connectivity index (χ3v) is 2.94. The van der Waals surface area contributed by atoms with Gasteiger partial charge in [-0.2, -0.15) is 0 Å². The van der Waals surface area contributed by atoms with E-state index in [1.54, 1.807) is 0 Å². The minimum Gasteiger partial charge on any atom is -0.266 e. The molecule has 0 aliphatic carbocycles. The SMILES string of the molecule is CC[N+](C)(C)C(=O)CCc1ccccc1. The highest BCUT2D eigenvalue weighted by Gasteiger charge is 2.22. The molecule has 1 amide bonds. The van der Waals surface area contributed by atoms with Crippen LogP contribution in [-0.2, 0) is 11.2 Å². The topological polar surface area (TPSA) is 17.1 Å². The molecule has 82 valence electrons. The van der Waals surface area contributed by atoms with Gasteiger partial charge in [0, 0.05) is 0 Å². The Labute approximate surface area is 92.1 Å². The highest BCUT2D eigenvalue weighted by Crippen LogP contribution is 2.07. The Morgan fingerprint density at radius 2 is 1.80 bits per heavy atom. The van der Waals surface area contributed by atoms with E-state index >= 15 is 0 Å². The molecule has 15 heavy (non-hydrogen) atoms. The van der Waals surface area contributed by atoms with E-state index in [2.05, 4.69) is 12.1 Å². The number of carbonyl (C=O) groups excluding carboxylic acids is 1. The molecular weight excluding hydrogens is 186 g/mol. The van der Waals surface area contributed by atoms with Gasteiger partial charge in [0.2, 0.25) is 0 Å². The number of hydrogen-bond acceptors (Lipinski definition) is 1. The van der Waals surface area contributed by atoms with Crippen molar-refractivity contribution in [2.75, 3.05) is 20.6 Å². The first-order valence-electron chi connectivity index (χ1n) is 5.46. The molecule has 0 aliphatic rings. The number of benzene rings is 1. The number of aryl methyl sites for hydroxylation is 1. The van der Waals surface area contributed by atoms with Crippen molar-refractivity contribution in [3.05, 3.63) is 35.9 Å². The van der Waals surface area contributed by atoms with Crippen LogP contribution < -0.4 is 0 Å². The predicted octanol–water partition coefficient (Wildman–Crippen LogP) is 2.24. The lowest BCUT2D eigenvalue weighted by molar-refractivity contribution is -0.812. The zero-order chi connectivity index (χ0) is 11.3. The lowest BCUT2D eigenvalue weighted by Crippen LogP contribution is -2.45. The Morgan fingerprint density at radius 3 is 2.33 bits per heavy atom. The molecule has 0 heterocycles. The van der Waals surface area contributed by atoms with Crippen LogP contribution in [0, 0.1) is 0 Å². The van der Waals surface area contributed by atoms with E-state index in [0.717, 1.165) is 13.0 Å². The van der Waals surface area contributed by atoms with Crippen LogP contribution in [0.2, 0.25) is 0 Å². The second-order valence-electron chi connectivity index (χ2n) is 4.38. The maximum atomic E-state index is 11.8. The van der Waals surface area contributed by atoms with Crippen LogP contribution in [0.4, 0.5) is 0 Å². The van der Waals surface area contributed by atoms with Gasteiger partial charge in [0.25, 0.3) is 0 Å². The maximum Gasteiger partial charge on any atom is 0.313 e. The van der Waals surface area contributed by atoms with E-state index < -0.39 is 0 Å². The quantitative estimate of drug-likeness (QED) is 0.690. The van der Waals surface area contributed by atoms with Crippen LogP contribution in [0.25, 0.3) is 0 Å². The Hall–Kier alpha value is -1.15. The van der Waals surface area contributed by atoms with E-state index in [9.17, 15) is 4.79 Å². The lowest BCUT2D eigenvalue weighted by Gasteiger charge is -2.24. The summed E-state index contributed by atoms with van der Waals surface area (Å²) >= 11 is 0. The first kappa shape index (κ1) is 11.9. The lowest BCUT2D eigenvalue weighted by atomic mass is 10.1. The van der Waals surface area contributed by atoms with Gasteiger partial charge in [0.1, 0.15) is 0 Å².